The Kier molecular flexibility index (Phi) is 5.54. The average Bonchev–Trinajstić information content (AvgIpc) is 3.29. The van der Waals surface area contributed by atoms with Crippen LogP contribution < -0.4 is 18.9 Å². The first-order chi connectivity index (χ1) is 16.0. The fourth-order valence-electron chi connectivity index (χ4n) is 4.44. The van der Waals surface area contributed by atoms with Gasteiger partial charge in [0.15, 0.2) is 11.5 Å². The van der Waals surface area contributed by atoms with Crippen molar-refractivity contribution in [3.63, 3.8) is 0 Å². The highest BCUT2D eigenvalue weighted by molar-refractivity contribution is 6.30. The predicted molar refractivity (Wildman–Crippen MR) is 128 cm³/mol. The van der Waals surface area contributed by atoms with E-state index in [9.17, 15) is 0 Å². The lowest BCUT2D eigenvalue weighted by atomic mass is 9.95. The Morgan fingerprint density at radius 2 is 1.64 bits per heavy atom. The predicted octanol–water partition coefficient (Wildman–Crippen LogP) is 5.92. The van der Waals surface area contributed by atoms with E-state index in [2.05, 4.69) is 31.2 Å². The molecule has 0 saturated carbocycles. The summed E-state index contributed by atoms with van der Waals surface area (Å²) in [5, 5.41) is 7.70. The molecule has 0 amide bonds. The number of benzene rings is 3. The number of aryl methyl sites for hydroxylation is 1. The van der Waals surface area contributed by atoms with Crippen LogP contribution in [0.2, 0.25) is 5.02 Å². The van der Waals surface area contributed by atoms with E-state index in [4.69, 9.17) is 35.6 Å². The van der Waals surface area contributed by atoms with E-state index in [0.717, 1.165) is 34.6 Å². The van der Waals surface area contributed by atoms with E-state index < -0.39 is 6.23 Å². The second-order valence-electron chi connectivity index (χ2n) is 8.12. The highest BCUT2D eigenvalue weighted by Gasteiger charge is 2.41. The lowest BCUT2D eigenvalue weighted by Gasteiger charge is -2.38. The topological polar surface area (TPSA) is 52.5 Å². The zero-order valence-electron chi connectivity index (χ0n) is 19.0. The Morgan fingerprint density at radius 1 is 0.939 bits per heavy atom. The molecule has 0 spiro atoms. The van der Waals surface area contributed by atoms with Gasteiger partial charge in [0.05, 0.1) is 33.1 Å². The largest absolute Gasteiger partial charge is 0.493 e. The van der Waals surface area contributed by atoms with Crippen LogP contribution in [0.1, 0.15) is 40.9 Å². The first-order valence-electron chi connectivity index (χ1n) is 10.7. The molecule has 3 aromatic carbocycles. The standard InChI is InChI=1S/C26H25ClN2O4/c1-15-5-7-16(8-6-15)20-14-21-19-13-18(27)9-10-22(19)33-26(29(21)28-20)17-11-23(30-2)25(32-4)24(12-17)31-3/h5-13,21,26H,14H2,1-4H3/t21-,26+/m1/s1. The van der Waals surface area contributed by atoms with Crippen molar-refractivity contribution in [2.24, 2.45) is 5.10 Å². The Hall–Kier alpha value is -3.38. The number of fused-ring (bicyclic) bond motifs is 3. The second-order valence-corrected chi connectivity index (χ2v) is 8.56. The van der Waals surface area contributed by atoms with Crippen LogP contribution in [0.3, 0.4) is 0 Å². The van der Waals surface area contributed by atoms with Crippen molar-refractivity contribution in [1.29, 1.82) is 0 Å². The highest BCUT2D eigenvalue weighted by atomic mass is 35.5. The summed E-state index contributed by atoms with van der Waals surface area (Å²) in [6, 6.07) is 18.0. The summed E-state index contributed by atoms with van der Waals surface area (Å²) in [6.07, 6.45) is 0.279. The van der Waals surface area contributed by atoms with Gasteiger partial charge >= 0.3 is 0 Å². The van der Waals surface area contributed by atoms with E-state index in [1.54, 1.807) is 21.3 Å². The molecule has 0 saturated heterocycles. The van der Waals surface area contributed by atoms with Gasteiger partial charge in [-0.1, -0.05) is 41.4 Å². The number of hydrazone groups is 1. The highest BCUT2D eigenvalue weighted by Crippen LogP contribution is 2.50. The molecule has 33 heavy (non-hydrogen) atoms. The number of methoxy groups -OCH3 is 3. The fourth-order valence-corrected chi connectivity index (χ4v) is 4.62. The third-order valence-corrected chi connectivity index (χ3v) is 6.34. The van der Waals surface area contributed by atoms with Gasteiger partial charge < -0.3 is 18.9 Å². The molecule has 2 atom stereocenters. The van der Waals surface area contributed by atoms with Crippen LogP contribution in [0.15, 0.2) is 59.7 Å². The van der Waals surface area contributed by atoms with Crippen molar-refractivity contribution in [1.82, 2.24) is 5.01 Å². The average molecular weight is 465 g/mol. The van der Waals surface area contributed by atoms with Gasteiger partial charge in [-0.2, -0.15) is 5.10 Å². The maximum absolute atomic E-state index is 6.47. The molecular formula is C26H25ClN2O4. The molecular weight excluding hydrogens is 440 g/mol. The van der Waals surface area contributed by atoms with Crippen molar-refractivity contribution in [3.05, 3.63) is 81.9 Å². The molecule has 5 rings (SSSR count). The quantitative estimate of drug-likeness (QED) is 0.469. The minimum absolute atomic E-state index is 0.00663. The maximum atomic E-state index is 6.47. The molecule has 2 heterocycles. The minimum atomic E-state index is -0.472. The van der Waals surface area contributed by atoms with E-state index >= 15 is 0 Å². The molecule has 0 unspecified atom stereocenters. The van der Waals surface area contributed by atoms with Gasteiger partial charge in [-0.15, -0.1) is 0 Å². The summed E-state index contributed by atoms with van der Waals surface area (Å²) in [5.41, 5.74) is 5.20. The van der Waals surface area contributed by atoms with Crippen LogP contribution >= 0.6 is 11.6 Å². The van der Waals surface area contributed by atoms with Crippen LogP contribution in [0.25, 0.3) is 0 Å². The van der Waals surface area contributed by atoms with Crippen LogP contribution in [-0.2, 0) is 0 Å². The molecule has 0 bridgehead atoms. The summed E-state index contributed by atoms with van der Waals surface area (Å²) in [4.78, 5) is 0. The smallest absolute Gasteiger partial charge is 0.214 e. The number of nitrogens with zero attached hydrogens (tertiary/aromatic N) is 2. The minimum Gasteiger partial charge on any atom is -0.493 e. The van der Waals surface area contributed by atoms with E-state index in [1.165, 1.54) is 5.56 Å². The first kappa shape index (κ1) is 21.5. The molecule has 6 nitrogen and oxygen atoms in total. The monoisotopic (exact) mass is 464 g/mol. The summed E-state index contributed by atoms with van der Waals surface area (Å²) >= 11 is 6.35. The summed E-state index contributed by atoms with van der Waals surface area (Å²) in [5.74, 6) is 2.46. The number of rotatable bonds is 5. The van der Waals surface area contributed by atoms with Crippen molar-refractivity contribution < 1.29 is 18.9 Å². The molecule has 0 radical (unpaired) electrons. The van der Waals surface area contributed by atoms with Crippen LogP contribution in [0.4, 0.5) is 0 Å². The summed E-state index contributed by atoms with van der Waals surface area (Å²) in [7, 11) is 4.80. The number of hydrogen-bond donors (Lipinski definition) is 0. The van der Waals surface area contributed by atoms with Crippen molar-refractivity contribution in [3.8, 4) is 23.0 Å². The van der Waals surface area contributed by atoms with Gasteiger partial charge in [0.25, 0.3) is 0 Å². The maximum Gasteiger partial charge on any atom is 0.214 e. The lowest BCUT2D eigenvalue weighted by Crippen LogP contribution is -2.33. The van der Waals surface area contributed by atoms with Crippen molar-refractivity contribution >= 4 is 17.3 Å². The first-order valence-corrected chi connectivity index (χ1v) is 11.1. The Bertz CT molecular complexity index is 1200. The van der Waals surface area contributed by atoms with E-state index in [-0.39, 0.29) is 6.04 Å². The number of halogens is 1. The second kappa shape index (κ2) is 8.52. The Labute approximate surface area is 198 Å². The van der Waals surface area contributed by atoms with Gasteiger partial charge in [0.2, 0.25) is 12.0 Å². The van der Waals surface area contributed by atoms with Crippen LogP contribution in [0, 0.1) is 6.92 Å². The number of ether oxygens (including phenoxy) is 4. The lowest BCUT2D eigenvalue weighted by molar-refractivity contribution is -0.0192. The Morgan fingerprint density at radius 3 is 2.27 bits per heavy atom. The fraction of sp³-hybridized carbons (Fsp3) is 0.269. The number of hydrogen-bond acceptors (Lipinski definition) is 6. The normalized spacial score (nSPS) is 18.7. The summed E-state index contributed by atoms with van der Waals surface area (Å²) in [6.45, 7) is 2.08. The molecule has 3 aromatic rings. The van der Waals surface area contributed by atoms with Crippen LogP contribution in [-0.4, -0.2) is 32.0 Å². The molecule has 0 fully saturated rings. The van der Waals surface area contributed by atoms with Gasteiger partial charge in [0.1, 0.15) is 5.75 Å². The molecule has 0 aromatic heterocycles. The van der Waals surface area contributed by atoms with Crippen molar-refractivity contribution in [2.75, 3.05) is 21.3 Å². The molecule has 2 aliphatic rings. The Balaban J connectivity index is 1.63. The van der Waals surface area contributed by atoms with Crippen molar-refractivity contribution in [2.45, 2.75) is 25.6 Å². The third kappa shape index (κ3) is 3.74. The van der Waals surface area contributed by atoms with E-state index in [1.807, 2.05) is 35.3 Å². The molecule has 0 N–H and O–H groups in total. The zero-order valence-corrected chi connectivity index (χ0v) is 19.7. The SMILES string of the molecule is COc1cc([C@@H]2Oc3ccc(Cl)cc3[C@H]3CC(c4ccc(C)cc4)=NN32)cc(OC)c1OC. The zero-order chi connectivity index (χ0) is 23.1. The van der Waals surface area contributed by atoms with E-state index in [0.29, 0.717) is 22.3 Å². The van der Waals surface area contributed by atoms with Crippen LogP contribution in [0.5, 0.6) is 23.0 Å². The molecule has 7 heteroatoms. The molecule has 170 valence electrons. The van der Waals surface area contributed by atoms with Gasteiger partial charge in [-0.25, -0.2) is 5.01 Å². The molecule has 0 aliphatic carbocycles. The third-order valence-electron chi connectivity index (χ3n) is 6.11. The van der Waals surface area contributed by atoms with Gasteiger partial charge in [-0.05, 0) is 42.8 Å². The summed E-state index contributed by atoms with van der Waals surface area (Å²) < 4.78 is 23.1. The van der Waals surface area contributed by atoms with Gasteiger partial charge in [0, 0.05) is 22.6 Å². The van der Waals surface area contributed by atoms with Gasteiger partial charge in [-0.3, -0.25) is 0 Å². The molecule has 2 aliphatic heterocycles.